The highest BCUT2D eigenvalue weighted by atomic mass is 35.5. The lowest BCUT2D eigenvalue weighted by molar-refractivity contribution is -0.292. The summed E-state index contributed by atoms with van der Waals surface area (Å²) < 4.78 is 62.3. The van der Waals surface area contributed by atoms with Gasteiger partial charge in [-0.15, -0.1) is 11.3 Å². The molecule has 0 N–H and O–H groups in total. The molecule has 0 saturated heterocycles. The van der Waals surface area contributed by atoms with Crippen molar-refractivity contribution in [1.82, 2.24) is 9.97 Å². The van der Waals surface area contributed by atoms with E-state index in [2.05, 4.69) is 9.97 Å². The van der Waals surface area contributed by atoms with E-state index in [1.807, 2.05) is 0 Å². The molecular formula is C8H2ClF5N2S. The maximum atomic E-state index is 13.0. The van der Waals surface area contributed by atoms with Crippen LogP contribution >= 0.6 is 22.9 Å². The Labute approximate surface area is 100 Å². The van der Waals surface area contributed by atoms with Gasteiger partial charge in [-0.2, -0.15) is 22.0 Å². The van der Waals surface area contributed by atoms with Gasteiger partial charge in [-0.1, -0.05) is 11.6 Å². The molecule has 0 amide bonds. The summed E-state index contributed by atoms with van der Waals surface area (Å²) in [5.41, 5.74) is 0. The minimum Gasteiger partial charge on any atom is -0.215 e. The molecule has 17 heavy (non-hydrogen) atoms. The normalized spacial score (nSPS) is 13.3. The Hall–Kier alpha value is -1.02. The van der Waals surface area contributed by atoms with Crippen molar-refractivity contribution in [3.63, 3.8) is 0 Å². The van der Waals surface area contributed by atoms with E-state index in [1.54, 1.807) is 0 Å². The van der Waals surface area contributed by atoms with E-state index >= 15 is 0 Å². The van der Waals surface area contributed by atoms with Crippen molar-refractivity contribution in [3.8, 4) is 0 Å². The Kier molecular flexibility index (Phi) is 2.74. The SMILES string of the molecule is FC(F)(F)C(F)(F)c1nc(Cl)c2ccsc2n1. The van der Waals surface area contributed by atoms with Crippen LogP contribution in [0.2, 0.25) is 5.15 Å². The Morgan fingerprint density at radius 2 is 1.76 bits per heavy atom. The quantitative estimate of drug-likeness (QED) is 0.585. The molecule has 0 aliphatic rings. The lowest BCUT2D eigenvalue weighted by Crippen LogP contribution is -2.35. The summed E-state index contributed by atoms with van der Waals surface area (Å²) in [7, 11) is 0. The molecule has 9 heteroatoms. The average Bonchev–Trinajstić information content (AvgIpc) is 2.64. The minimum absolute atomic E-state index is 0.0103. The van der Waals surface area contributed by atoms with Crippen LogP contribution in [0.5, 0.6) is 0 Å². The van der Waals surface area contributed by atoms with Crippen LogP contribution in [0.25, 0.3) is 10.2 Å². The predicted molar refractivity (Wildman–Crippen MR) is 52.4 cm³/mol. The number of halogens is 6. The fourth-order valence-electron chi connectivity index (χ4n) is 1.09. The summed E-state index contributed by atoms with van der Waals surface area (Å²) in [5, 5.41) is 1.30. The van der Waals surface area contributed by atoms with E-state index in [-0.39, 0.29) is 10.2 Å². The first-order valence-corrected chi connectivity index (χ1v) is 5.35. The maximum absolute atomic E-state index is 13.0. The van der Waals surface area contributed by atoms with Crippen LogP contribution in [-0.2, 0) is 5.92 Å². The van der Waals surface area contributed by atoms with Gasteiger partial charge in [0.15, 0.2) is 0 Å². The lowest BCUT2D eigenvalue weighted by atomic mass is 10.3. The maximum Gasteiger partial charge on any atom is 0.461 e. The summed E-state index contributed by atoms with van der Waals surface area (Å²) in [4.78, 5) is 6.18. The van der Waals surface area contributed by atoms with Gasteiger partial charge < -0.3 is 0 Å². The second-order valence-corrected chi connectivity index (χ2v) is 4.30. The third-order valence-corrected chi connectivity index (χ3v) is 3.01. The summed E-state index contributed by atoms with van der Waals surface area (Å²) >= 11 is 6.42. The molecule has 2 aromatic rings. The molecule has 0 aliphatic carbocycles. The Balaban J connectivity index is 2.64. The van der Waals surface area contributed by atoms with Gasteiger partial charge in [0.25, 0.3) is 0 Å². The number of rotatable bonds is 1. The smallest absolute Gasteiger partial charge is 0.215 e. The fraction of sp³-hybridized carbons (Fsp3) is 0.250. The molecule has 2 rings (SSSR count). The van der Waals surface area contributed by atoms with E-state index in [0.29, 0.717) is 0 Å². The number of thiophene rings is 1. The molecule has 0 aliphatic heterocycles. The number of aromatic nitrogens is 2. The number of hydrogen-bond acceptors (Lipinski definition) is 3. The summed E-state index contributed by atoms with van der Waals surface area (Å²) in [6, 6.07) is 1.44. The number of nitrogens with zero attached hydrogens (tertiary/aromatic N) is 2. The summed E-state index contributed by atoms with van der Waals surface area (Å²) in [6.45, 7) is 0. The lowest BCUT2D eigenvalue weighted by Gasteiger charge is -2.17. The number of alkyl halides is 5. The van der Waals surface area contributed by atoms with Gasteiger partial charge in [0.1, 0.15) is 9.98 Å². The molecule has 0 spiro atoms. The zero-order valence-electron chi connectivity index (χ0n) is 7.73. The monoisotopic (exact) mass is 288 g/mol. The molecule has 0 saturated carbocycles. The van der Waals surface area contributed by atoms with Crippen molar-refractivity contribution in [3.05, 3.63) is 22.4 Å². The molecule has 2 nitrogen and oxygen atoms in total. The topological polar surface area (TPSA) is 25.8 Å². The Morgan fingerprint density at radius 3 is 2.35 bits per heavy atom. The van der Waals surface area contributed by atoms with E-state index in [1.165, 1.54) is 11.4 Å². The van der Waals surface area contributed by atoms with Crippen LogP contribution < -0.4 is 0 Å². The van der Waals surface area contributed by atoms with E-state index in [4.69, 9.17) is 11.6 Å². The molecular weight excluding hydrogens is 287 g/mol. The van der Waals surface area contributed by atoms with Gasteiger partial charge in [0.05, 0.1) is 0 Å². The Morgan fingerprint density at radius 1 is 1.12 bits per heavy atom. The van der Waals surface area contributed by atoms with Crippen LogP contribution in [0.15, 0.2) is 11.4 Å². The molecule has 0 bridgehead atoms. The summed E-state index contributed by atoms with van der Waals surface area (Å²) in [5.74, 6) is -6.75. The van der Waals surface area contributed by atoms with Gasteiger partial charge >= 0.3 is 12.1 Å². The van der Waals surface area contributed by atoms with Crippen LogP contribution in [0.3, 0.4) is 0 Å². The van der Waals surface area contributed by atoms with Gasteiger partial charge in [0.2, 0.25) is 5.82 Å². The largest absolute Gasteiger partial charge is 0.461 e. The first-order chi connectivity index (χ1) is 7.73. The molecule has 0 fully saturated rings. The highest BCUT2D eigenvalue weighted by Gasteiger charge is 2.61. The van der Waals surface area contributed by atoms with Gasteiger partial charge in [-0.25, -0.2) is 9.97 Å². The molecule has 0 atom stereocenters. The number of fused-ring (bicyclic) bond motifs is 1. The first kappa shape index (κ1) is 12.4. The molecule has 0 unspecified atom stereocenters. The average molecular weight is 289 g/mol. The fourth-order valence-corrected chi connectivity index (χ4v) is 2.14. The van der Waals surface area contributed by atoms with Crippen molar-refractivity contribution in [2.75, 3.05) is 0 Å². The van der Waals surface area contributed by atoms with Crippen LogP contribution in [0.1, 0.15) is 5.82 Å². The predicted octanol–water partition coefficient (Wildman–Crippen LogP) is 4.00. The zero-order valence-corrected chi connectivity index (χ0v) is 9.30. The van der Waals surface area contributed by atoms with Crippen molar-refractivity contribution in [2.45, 2.75) is 12.1 Å². The van der Waals surface area contributed by atoms with Gasteiger partial charge in [-0.05, 0) is 11.4 Å². The van der Waals surface area contributed by atoms with Crippen molar-refractivity contribution < 1.29 is 22.0 Å². The third-order valence-electron chi connectivity index (χ3n) is 1.92. The van der Waals surface area contributed by atoms with Crippen molar-refractivity contribution in [1.29, 1.82) is 0 Å². The van der Waals surface area contributed by atoms with Gasteiger partial charge in [0, 0.05) is 5.39 Å². The second kappa shape index (κ2) is 3.74. The highest BCUT2D eigenvalue weighted by molar-refractivity contribution is 7.16. The van der Waals surface area contributed by atoms with E-state index in [0.717, 1.165) is 11.3 Å². The standard InChI is InChI=1S/C8H2ClF5N2S/c9-4-3-1-2-17-5(3)16-6(15-4)7(10,11)8(12,13)14/h1-2H. The Bertz CT molecular complexity index is 565. The molecule has 0 radical (unpaired) electrons. The van der Waals surface area contributed by atoms with E-state index in [9.17, 15) is 22.0 Å². The number of hydrogen-bond donors (Lipinski definition) is 0. The third kappa shape index (κ3) is 1.95. The molecule has 92 valence electrons. The molecule has 2 heterocycles. The van der Waals surface area contributed by atoms with Crippen LogP contribution in [-0.4, -0.2) is 16.1 Å². The summed E-state index contributed by atoms with van der Waals surface area (Å²) in [6.07, 6.45) is -5.75. The van der Waals surface area contributed by atoms with Crippen LogP contribution in [0, 0.1) is 0 Å². The zero-order chi connectivity index (χ0) is 12.8. The van der Waals surface area contributed by atoms with Crippen LogP contribution in [0.4, 0.5) is 22.0 Å². The second-order valence-electron chi connectivity index (χ2n) is 3.05. The first-order valence-electron chi connectivity index (χ1n) is 4.09. The van der Waals surface area contributed by atoms with Gasteiger partial charge in [-0.3, -0.25) is 0 Å². The minimum atomic E-state index is -5.75. The highest BCUT2D eigenvalue weighted by Crippen LogP contribution is 2.43. The van der Waals surface area contributed by atoms with Crippen molar-refractivity contribution >= 4 is 33.2 Å². The van der Waals surface area contributed by atoms with Crippen molar-refractivity contribution in [2.24, 2.45) is 0 Å². The molecule has 2 aromatic heterocycles. The molecule has 0 aromatic carbocycles. The van der Waals surface area contributed by atoms with E-state index < -0.39 is 23.1 Å².